The van der Waals surface area contributed by atoms with Crippen molar-refractivity contribution in [1.82, 2.24) is 0 Å². The number of hydrogen-bond acceptors (Lipinski definition) is 2. The van der Waals surface area contributed by atoms with Crippen molar-refractivity contribution in [3.05, 3.63) is 28.8 Å². The summed E-state index contributed by atoms with van der Waals surface area (Å²) in [4.78, 5) is 23.7. The number of benzene rings is 1. The Morgan fingerprint density at radius 3 is 2.93 bits per heavy atom. The van der Waals surface area contributed by atoms with Crippen LogP contribution >= 0.6 is 11.6 Å². The fraction of sp³-hybridized carbons (Fsp3) is 0.200. The van der Waals surface area contributed by atoms with Crippen LogP contribution in [0.4, 0.5) is 5.69 Å². The van der Waals surface area contributed by atoms with Gasteiger partial charge in [-0.1, -0.05) is 11.6 Å². The lowest BCUT2D eigenvalue weighted by Crippen LogP contribution is -2.30. The zero-order chi connectivity index (χ0) is 10.1. The van der Waals surface area contributed by atoms with E-state index in [0.717, 1.165) is 6.41 Å². The Balaban J connectivity index is 2.56. The average Bonchev–Trinajstić information content (AvgIpc) is 2.19. The summed E-state index contributed by atoms with van der Waals surface area (Å²) >= 11 is 5.77. The zero-order valence-corrected chi connectivity index (χ0v) is 8.12. The van der Waals surface area contributed by atoms with Crippen LogP contribution in [-0.2, 0) is 4.79 Å². The number of carbonyl (C=O) groups is 2. The number of anilines is 1. The van der Waals surface area contributed by atoms with Crippen LogP contribution < -0.4 is 4.90 Å². The van der Waals surface area contributed by atoms with Gasteiger partial charge in [0.05, 0.1) is 5.69 Å². The SMILES string of the molecule is O=CN1CCC(=O)c2cc(Cl)ccc21. The van der Waals surface area contributed by atoms with E-state index < -0.39 is 0 Å². The minimum Gasteiger partial charge on any atom is -0.314 e. The fourth-order valence-electron chi connectivity index (χ4n) is 1.57. The molecule has 0 atom stereocenters. The quantitative estimate of drug-likeness (QED) is 0.663. The first kappa shape index (κ1) is 9.21. The van der Waals surface area contributed by atoms with Crippen LogP contribution in [0.15, 0.2) is 18.2 Å². The van der Waals surface area contributed by atoms with E-state index in [-0.39, 0.29) is 5.78 Å². The predicted octanol–water partition coefficient (Wildman–Crippen LogP) is 1.89. The predicted molar refractivity (Wildman–Crippen MR) is 53.8 cm³/mol. The molecule has 1 heterocycles. The van der Waals surface area contributed by atoms with Crippen molar-refractivity contribution in [1.29, 1.82) is 0 Å². The lowest BCUT2D eigenvalue weighted by molar-refractivity contribution is -0.107. The molecule has 0 aromatic heterocycles. The largest absolute Gasteiger partial charge is 0.314 e. The van der Waals surface area contributed by atoms with Gasteiger partial charge in [-0.2, -0.15) is 0 Å². The summed E-state index contributed by atoms with van der Waals surface area (Å²) in [6, 6.07) is 4.98. The van der Waals surface area contributed by atoms with Gasteiger partial charge >= 0.3 is 0 Å². The van der Waals surface area contributed by atoms with Crippen molar-refractivity contribution in [2.75, 3.05) is 11.4 Å². The molecule has 0 saturated heterocycles. The van der Waals surface area contributed by atoms with Crippen molar-refractivity contribution in [3.8, 4) is 0 Å². The number of hydrogen-bond donors (Lipinski definition) is 0. The van der Waals surface area contributed by atoms with Gasteiger partial charge in [0.25, 0.3) is 0 Å². The van der Waals surface area contributed by atoms with Crippen molar-refractivity contribution < 1.29 is 9.59 Å². The number of rotatable bonds is 1. The van der Waals surface area contributed by atoms with Gasteiger partial charge in [0, 0.05) is 23.6 Å². The summed E-state index contributed by atoms with van der Waals surface area (Å²) in [7, 11) is 0. The molecule has 1 aliphatic heterocycles. The molecule has 0 saturated carbocycles. The molecule has 0 aliphatic carbocycles. The van der Waals surface area contributed by atoms with Gasteiger partial charge in [0.2, 0.25) is 6.41 Å². The van der Waals surface area contributed by atoms with Gasteiger partial charge in [-0.05, 0) is 18.2 Å². The molecule has 72 valence electrons. The Kier molecular flexibility index (Phi) is 2.25. The summed E-state index contributed by atoms with van der Waals surface area (Å²) in [5, 5.41) is 0.518. The molecule has 0 unspecified atom stereocenters. The third-order valence-electron chi connectivity index (χ3n) is 2.28. The van der Waals surface area contributed by atoms with Crippen molar-refractivity contribution >= 4 is 29.5 Å². The fourth-order valence-corrected chi connectivity index (χ4v) is 1.74. The molecule has 0 radical (unpaired) electrons. The summed E-state index contributed by atoms with van der Waals surface area (Å²) in [6.07, 6.45) is 1.10. The van der Waals surface area contributed by atoms with Crippen molar-refractivity contribution in [2.24, 2.45) is 0 Å². The normalized spacial score (nSPS) is 15.2. The van der Waals surface area contributed by atoms with Crippen LogP contribution in [0.5, 0.6) is 0 Å². The Hall–Kier alpha value is -1.35. The highest BCUT2D eigenvalue weighted by atomic mass is 35.5. The smallest absolute Gasteiger partial charge is 0.214 e. The van der Waals surface area contributed by atoms with Crippen LogP contribution in [-0.4, -0.2) is 18.7 Å². The first-order valence-electron chi connectivity index (χ1n) is 4.27. The Bertz CT molecular complexity index is 403. The number of carbonyl (C=O) groups excluding carboxylic acids is 2. The van der Waals surface area contributed by atoms with E-state index >= 15 is 0 Å². The van der Waals surface area contributed by atoms with E-state index in [0.29, 0.717) is 29.2 Å². The van der Waals surface area contributed by atoms with Gasteiger partial charge in [0.1, 0.15) is 0 Å². The third kappa shape index (κ3) is 1.40. The number of halogens is 1. The van der Waals surface area contributed by atoms with Crippen molar-refractivity contribution in [3.63, 3.8) is 0 Å². The maximum atomic E-state index is 11.5. The highest BCUT2D eigenvalue weighted by Gasteiger charge is 2.22. The van der Waals surface area contributed by atoms with E-state index in [2.05, 4.69) is 0 Å². The van der Waals surface area contributed by atoms with Gasteiger partial charge in [-0.15, -0.1) is 0 Å². The van der Waals surface area contributed by atoms with Crippen molar-refractivity contribution in [2.45, 2.75) is 6.42 Å². The van der Waals surface area contributed by atoms with E-state index in [1.54, 1.807) is 18.2 Å². The van der Waals surface area contributed by atoms with Gasteiger partial charge in [-0.3, -0.25) is 9.59 Å². The van der Waals surface area contributed by atoms with Crippen LogP contribution in [0.3, 0.4) is 0 Å². The van der Waals surface area contributed by atoms with E-state index in [1.165, 1.54) is 4.90 Å². The summed E-state index contributed by atoms with van der Waals surface area (Å²) in [5.74, 6) is 0.0422. The molecule has 1 aromatic carbocycles. The maximum Gasteiger partial charge on any atom is 0.214 e. The van der Waals surface area contributed by atoms with Crippen LogP contribution in [0, 0.1) is 0 Å². The standard InChI is InChI=1S/C10H8ClNO2/c11-7-1-2-9-8(5-7)10(14)3-4-12(9)6-13/h1-2,5-6H,3-4H2. The minimum atomic E-state index is 0.0422. The molecule has 0 spiro atoms. The monoisotopic (exact) mass is 209 g/mol. The summed E-state index contributed by atoms with van der Waals surface area (Å²) in [6.45, 7) is 0.455. The Morgan fingerprint density at radius 2 is 2.21 bits per heavy atom. The molecule has 0 bridgehead atoms. The number of ketones is 1. The molecule has 3 nitrogen and oxygen atoms in total. The third-order valence-corrected chi connectivity index (χ3v) is 2.51. The number of nitrogens with zero attached hydrogens (tertiary/aromatic N) is 1. The zero-order valence-electron chi connectivity index (χ0n) is 7.37. The van der Waals surface area contributed by atoms with Gasteiger partial charge in [-0.25, -0.2) is 0 Å². The highest BCUT2D eigenvalue weighted by molar-refractivity contribution is 6.31. The molecule has 0 fully saturated rings. The molecule has 1 aliphatic rings. The van der Waals surface area contributed by atoms with Crippen LogP contribution in [0.25, 0.3) is 0 Å². The second-order valence-electron chi connectivity index (χ2n) is 3.13. The molecular formula is C10H8ClNO2. The lowest BCUT2D eigenvalue weighted by atomic mass is 10.0. The molecule has 1 amide bonds. The van der Waals surface area contributed by atoms with E-state index in [1.807, 2.05) is 0 Å². The molecular weight excluding hydrogens is 202 g/mol. The van der Waals surface area contributed by atoms with Crippen LogP contribution in [0.1, 0.15) is 16.8 Å². The molecule has 14 heavy (non-hydrogen) atoms. The molecule has 4 heteroatoms. The number of fused-ring (bicyclic) bond motifs is 1. The molecule has 2 rings (SSSR count). The topological polar surface area (TPSA) is 37.4 Å². The number of Topliss-reactive ketones (excluding diaryl/α,β-unsaturated/α-hetero) is 1. The Morgan fingerprint density at radius 1 is 1.43 bits per heavy atom. The summed E-state index contributed by atoms with van der Waals surface area (Å²) < 4.78 is 0. The lowest BCUT2D eigenvalue weighted by Gasteiger charge is -2.24. The highest BCUT2D eigenvalue weighted by Crippen LogP contribution is 2.28. The average molecular weight is 210 g/mol. The van der Waals surface area contributed by atoms with Crippen LogP contribution in [0.2, 0.25) is 5.02 Å². The van der Waals surface area contributed by atoms with E-state index in [9.17, 15) is 9.59 Å². The summed E-state index contributed by atoms with van der Waals surface area (Å²) in [5.41, 5.74) is 1.19. The molecule has 0 N–H and O–H groups in total. The Labute approximate surface area is 86.3 Å². The maximum absolute atomic E-state index is 11.5. The minimum absolute atomic E-state index is 0.0422. The van der Waals surface area contributed by atoms with Gasteiger partial charge in [0.15, 0.2) is 5.78 Å². The van der Waals surface area contributed by atoms with E-state index in [4.69, 9.17) is 11.6 Å². The second kappa shape index (κ2) is 3.42. The molecule has 1 aromatic rings. The first-order chi connectivity index (χ1) is 6.72. The first-order valence-corrected chi connectivity index (χ1v) is 4.65. The van der Waals surface area contributed by atoms with Gasteiger partial charge < -0.3 is 4.90 Å². The second-order valence-corrected chi connectivity index (χ2v) is 3.57. The number of amides is 1.